The second kappa shape index (κ2) is 6.48. The highest BCUT2D eigenvalue weighted by Gasteiger charge is 2.22. The molecule has 1 aliphatic rings. The number of nitrogens with one attached hydrogen (secondary N) is 1. The first kappa shape index (κ1) is 13.7. The van der Waals surface area contributed by atoms with E-state index < -0.39 is 0 Å². The van der Waals surface area contributed by atoms with E-state index in [1.165, 1.54) is 23.3 Å². The summed E-state index contributed by atoms with van der Waals surface area (Å²) < 4.78 is 5.49. The molecule has 0 bridgehead atoms. The van der Waals surface area contributed by atoms with Gasteiger partial charge in [0.1, 0.15) is 5.01 Å². The summed E-state index contributed by atoms with van der Waals surface area (Å²) in [5.74, 6) is 0. The van der Waals surface area contributed by atoms with Crippen molar-refractivity contribution in [1.29, 1.82) is 0 Å². The third kappa shape index (κ3) is 3.45. The van der Waals surface area contributed by atoms with E-state index in [0.717, 1.165) is 23.9 Å². The van der Waals surface area contributed by atoms with E-state index in [9.17, 15) is 0 Å². The van der Waals surface area contributed by atoms with Crippen LogP contribution in [0.3, 0.4) is 0 Å². The van der Waals surface area contributed by atoms with Gasteiger partial charge in [-0.3, -0.25) is 0 Å². The van der Waals surface area contributed by atoms with Crippen molar-refractivity contribution < 1.29 is 4.74 Å². The summed E-state index contributed by atoms with van der Waals surface area (Å²) in [5, 5.41) is 4.62. The van der Waals surface area contributed by atoms with Crippen molar-refractivity contribution in [3.8, 4) is 10.4 Å². The molecule has 0 atom stereocenters. The SMILES string of the molecule is CCOCc1nc(CNC2CC2)c(-c2ccccc2)s1. The summed E-state index contributed by atoms with van der Waals surface area (Å²) >= 11 is 1.75. The van der Waals surface area contributed by atoms with Gasteiger partial charge in [0, 0.05) is 19.2 Å². The molecular weight excluding hydrogens is 268 g/mol. The molecule has 1 aromatic heterocycles. The predicted octanol–water partition coefficient (Wildman–Crippen LogP) is 3.60. The van der Waals surface area contributed by atoms with E-state index in [1.807, 2.05) is 13.0 Å². The molecule has 1 aromatic carbocycles. The first-order chi connectivity index (χ1) is 9.86. The number of rotatable bonds is 7. The average Bonchev–Trinajstić information content (AvgIpc) is 3.23. The number of nitrogens with zero attached hydrogens (tertiary/aromatic N) is 1. The fourth-order valence-electron chi connectivity index (χ4n) is 2.12. The lowest BCUT2D eigenvalue weighted by Crippen LogP contribution is -2.16. The Morgan fingerprint density at radius 1 is 1.30 bits per heavy atom. The predicted molar refractivity (Wildman–Crippen MR) is 82.7 cm³/mol. The van der Waals surface area contributed by atoms with Crippen LogP contribution in [-0.4, -0.2) is 17.6 Å². The first-order valence-corrected chi connectivity index (χ1v) is 8.03. The van der Waals surface area contributed by atoms with Crippen LogP contribution in [0.5, 0.6) is 0 Å². The van der Waals surface area contributed by atoms with Crippen LogP contribution >= 0.6 is 11.3 Å². The fourth-order valence-corrected chi connectivity index (χ4v) is 3.14. The maximum Gasteiger partial charge on any atom is 0.119 e. The zero-order valence-corrected chi connectivity index (χ0v) is 12.6. The van der Waals surface area contributed by atoms with Gasteiger partial charge in [-0.2, -0.15) is 0 Å². The molecule has 0 unspecified atom stereocenters. The van der Waals surface area contributed by atoms with Gasteiger partial charge in [-0.15, -0.1) is 11.3 Å². The van der Waals surface area contributed by atoms with Crippen molar-refractivity contribution in [1.82, 2.24) is 10.3 Å². The van der Waals surface area contributed by atoms with Crippen LogP contribution in [-0.2, 0) is 17.9 Å². The summed E-state index contributed by atoms with van der Waals surface area (Å²) in [6.07, 6.45) is 2.60. The van der Waals surface area contributed by atoms with Crippen LogP contribution < -0.4 is 5.32 Å². The quantitative estimate of drug-likeness (QED) is 0.845. The van der Waals surface area contributed by atoms with Gasteiger partial charge in [-0.25, -0.2) is 4.98 Å². The van der Waals surface area contributed by atoms with Crippen LogP contribution in [0.4, 0.5) is 0 Å². The van der Waals surface area contributed by atoms with Crippen LogP contribution in [0.2, 0.25) is 0 Å². The summed E-state index contributed by atoms with van der Waals surface area (Å²) in [7, 11) is 0. The summed E-state index contributed by atoms with van der Waals surface area (Å²) in [6, 6.07) is 11.2. The van der Waals surface area contributed by atoms with E-state index in [4.69, 9.17) is 9.72 Å². The molecular formula is C16H20N2OS. The topological polar surface area (TPSA) is 34.1 Å². The van der Waals surface area contributed by atoms with Gasteiger partial charge in [0.05, 0.1) is 17.2 Å². The molecule has 1 N–H and O–H groups in total. The lowest BCUT2D eigenvalue weighted by atomic mass is 10.1. The monoisotopic (exact) mass is 288 g/mol. The van der Waals surface area contributed by atoms with Gasteiger partial charge in [0.15, 0.2) is 0 Å². The molecule has 0 amide bonds. The zero-order valence-electron chi connectivity index (χ0n) is 11.8. The lowest BCUT2D eigenvalue weighted by Gasteiger charge is -2.03. The first-order valence-electron chi connectivity index (χ1n) is 7.22. The molecule has 0 spiro atoms. The maximum absolute atomic E-state index is 5.49. The fraction of sp³-hybridized carbons (Fsp3) is 0.438. The second-order valence-corrected chi connectivity index (χ2v) is 6.13. The molecule has 1 heterocycles. The molecule has 1 aliphatic carbocycles. The minimum absolute atomic E-state index is 0.616. The molecule has 0 saturated heterocycles. The molecule has 1 fully saturated rings. The summed E-state index contributed by atoms with van der Waals surface area (Å²) in [6.45, 7) is 4.22. The van der Waals surface area contributed by atoms with E-state index in [0.29, 0.717) is 12.6 Å². The van der Waals surface area contributed by atoms with Crippen molar-refractivity contribution >= 4 is 11.3 Å². The normalized spacial score (nSPS) is 14.7. The van der Waals surface area contributed by atoms with Gasteiger partial charge in [-0.05, 0) is 25.3 Å². The number of hydrogen-bond donors (Lipinski definition) is 1. The van der Waals surface area contributed by atoms with Crippen molar-refractivity contribution in [3.63, 3.8) is 0 Å². The number of aromatic nitrogens is 1. The van der Waals surface area contributed by atoms with Crippen molar-refractivity contribution in [3.05, 3.63) is 41.0 Å². The van der Waals surface area contributed by atoms with E-state index in [1.54, 1.807) is 11.3 Å². The minimum Gasteiger partial charge on any atom is -0.375 e. The molecule has 4 heteroatoms. The summed E-state index contributed by atoms with van der Waals surface area (Å²) in [5.41, 5.74) is 2.41. The molecule has 3 nitrogen and oxygen atoms in total. The Balaban J connectivity index is 1.82. The Labute approximate surface area is 124 Å². The number of hydrogen-bond acceptors (Lipinski definition) is 4. The molecule has 20 heavy (non-hydrogen) atoms. The maximum atomic E-state index is 5.49. The average molecular weight is 288 g/mol. The van der Waals surface area contributed by atoms with Gasteiger partial charge >= 0.3 is 0 Å². The second-order valence-electron chi connectivity index (χ2n) is 5.04. The Hall–Kier alpha value is -1.23. The van der Waals surface area contributed by atoms with Crippen molar-refractivity contribution in [2.75, 3.05) is 6.61 Å². The Morgan fingerprint density at radius 2 is 2.10 bits per heavy atom. The van der Waals surface area contributed by atoms with E-state index in [2.05, 4.69) is 29.6 Å². The highest BCUT2D eigenvalue weighted by Crippen LogP contribution is 2.31. The molecule has 3 rings (SSSR count). The van der Waals surface area contributed by atoms with Gasteiger partial charge in [-0.1, -0.05) is 30.3 Å². The van der Waals surface area contributed by atoms with E-state index >= 15 is 0 Å². The highest BCUT2D eigenvalue weighted by atomic mass is 32.1. The third-order valence-electron chi connectivity index (χ3n) is 3.34. The molecule has 0 aliphatic heterocycles. The van der Waals surface area contributed by atoms with Crippen LogP contribution in [0.15, 0.2) is 30.3 Å². The Bertz CT molecular complexity index is 549. The van der Waals surface area contributed by atoms with Gasteiger partial charge < -0.3 is 10.1 Å². The standard InChI is InChI=1S/C16H20N2OS/c1-2-19-11-15-18-14(10-17-13-8-9-13)16(20-15)12-6-4-3-5-7-12/h3-7,13,17H,2,8-11H2,1H3. The number of thiazole rings is 1. The summed E-state index contributed by atoms with van der Waals surface area (Å²) in [4.78, 5) is 6.03. The van der Waals surface area contributed by atoms with Crippen LogP contribution in [0.25, 0.3) is 10.4 Å². The van der Waals surface area contributed by atoms with Gasteiger partial charge in [0.2, 0.25) is 0 Å². The van der Waals surface area contributed by atoms with Crippen molar-refractivity contribution in [2.24, 2.45) is 0 Å². The Kier molecular flexibility index (Phi) is 4.45. The third-order valence-corrected chi connectivity index (χ3v) is 4.46. The molecule has 2 aromatic rings. The van der Waals surface area contributed by atoms with Crippen LogP contribution in [0.1, 0.15) is 30.5 Å². The number of ether oxygens (including phenoxy) is 1. The Morgan fingerprint density at radius 3 is 2.80 bits per heavy atom. The molecule has 1 saturated carbocycles. The molecule has 106 valence electrons. The largest absolute Gasteiger partial charge is 0.375 e. The lowest BCUT2D eigenvalue weighted by molar-refractivity contribution is 0.133. The van der Waals surface area contributed by atoms with Gasteiger partial charge in [0.25, 0.3) is 0 Å². The highest BCUT2D eigenvalue weighted by molar-refractivity contribution is 7.15. The zero-order chi connectivity index (χ0) is 13.8. The van der Waals surface area contributed by atoms with Crippen molar-refractivity contribution in [2.45, 2.75) is 39.0 Å². The minimum atomic E-state index is 0.616. The van der Waals surface area contributed by atoms with E-state index in [-0.39, 0.29) is 0 Å². The number of benzene rings is 1. The smallest absolute Gasteiger partial charge is 0.119 e. The molecule has 0 radical (unpaired) electrons. The van der Waals surface area contributed by atoms with Crippen LogP contribution in [0, 0.1) is 0 Å².